The average molecular weight is 351 g/mol. The molecule has 132 valence electrons. The Hall–Kier alpha value is -1.53. The maximum absolute atomic E-state index is 12.3. The van der Waals surface area contributed by atoms with E-state index in [4.69, 9.17) is 9.84 Å². The monoisotopic (exact) mass is 351 g/mol. The zero-order valence-electron chi connectivity index (χ0n) is 14.4. The van der Waals surface area contributed by atoms with Gasteiger partial charge in [0.2, 0.25) is 5.91 Å². The van der Waals surface area contributed by atoms with Crippen LogP contribution in [0.5, 0.6) is 0 Å². The highest BCUT2D eigenvalue weighted by atomic mass is 32.2. The van der Waals surface area contributed by atoms with Gasteiger partial charge in [-0.25, -0.2) is 0 Å². The summed E-state index contributed by atoms with van der Waals surface area (Å²) in [6.45, 7) is 7.79. The molecule has 0 aromatic heterocycles. The SMILES string of the molecule is CC(C)(C)c1ccc(SCC(=O)N2CCOC(CC(=O)O)C2)cc1. The molecule has 1 aliphatic rings. The van der Waals surface area contributed by atoms with E-state index in [-0.39, 0.29) is 17.7 Å². The van der Waals surface area contributed by atoms with Gasteiger partial charge in [0.05, 0.1) is 24.9 Å². The number of thioether (sulfide) groups is 1. The molecule has 0 aliphatic carbocycles. The molecule has 0 bridgehead atoms. The molecule has 1 unspecified atom stereocenters. The summed E-state index contributed by atoms with van der Waals surface area (Å²) in [5.74, 6) is -0.518. The van der Waals surface area contributed by atoms with Crippen LogP contribution in [0.4, 0.5) is 0 Å². The number of nitrogens with zero attached hydrogens (tertiary/aromatic N) is 1. The molecule has 2 rings (SSSR count). The van der Waals surface area contributed by atoms with Crippen LogP contribution in [0.15, 0.2) is 29.2 Å². The topological polar surface area (TPSA) is 66.8 Å². The summed E-state index contributed by atoms with van der Waals surface area (Å²) in [7, 11) is 0. The van der Waals surface area contributed by atoms with Crippen molar-refractivity contribution in [3.63, 3.8) is 0 Å². The molecule has 0 spiro atoms. The first-order valence-corrected chi connectivity index (χ1v) is 9.09. The van der Waals surface area contributed by atoms with E-state index in [1.807, 2.05) is 12.1 Å². The van der Waals surface area contributed by atoms with Gasteiger partial charge < -0.3 is 14.7 Å². The van der Waals surface area contributed by atoms with E-state index < -0.39 is 12.1 Å². The Labute approximate surface area is 147 Å². The lowest BCUT2D eigenvalue weighted by atomic mass is 9.87. The van der Waals surface area contributed by atoms with Crippen molar-refractivity contribution in [3.05, 3.63) is 29.8 Å². The van der Waals surface area contributed by atoms with Crippen molar-refractivity contribution < 1.29 is 19.4 Å². The van der Waals surface area contributed by atoms with Gasteiger partial charge in [-0.2, -0.15) is 0 Å². The van der Waals surface area contributed by atoms with Crippen LogP contribution in [0.3, 0.4) is 0 Å². The molecule has 1 amide bonds. The summed E-state index contributed by atoms with van der Waals surface area (Å²) in [5, 5.41) is 8.83. The number of aliphatic carboxylic acids is 1. The molecule has 1 N–H and O–H groups in total. The second kappa shape index (κ2) is 8.03. The Morgan fingerprint density at radius 1 is 1.29 bits per heavy atom. The highest BCUT2D eigenvalue weighted by molar-refractivity contribution is 8.00. The van der Waals surface area contributed by atoms with Gasteiger partial charge in [0.15, 0.2) is 0 Å². The fourth-order valence-corrected chi connectivity index (χ4v) is 3.35. The Morgan fingerprint density at radius 3 is 2.54 bits per heavy atom. The second-order valence-corrected chi connectivity index (χ2v) is 8.04. The number of amides is 1. The lowest BCUT2D eigenvalue weighted by molar-refractivity contribution is -0.146. The van der Waals surface area contributed by atoms with Gasteiger partial charge in [-0.15, -0.1) is 11.8 Å². The van der Waals surface area contributed by atoms with Gasteiger partial charge in [0.25, 0.3) is 0 Å². The van der Waals surface area contributed by atoms with Crippen molar-refractivity contribution in [3.8, 4) is 0 Å². The van der Waals surface area contributed by atoms with Gasteiger partial charge in [-0.05, 0) is 23.1 Å². The highest BCUT2D eigenvalue weighted by Crippen LogP contribution is 2.26. The molecule has 1 saturated heterocycles. The van der Waals surface area contributed by atoms with E-state index in [1.165, 1.54) is 17.3 Å². The van der Waals surface area contributed by atoms with Crippen LogP contribution in [0, 0.1) is 0 Å². The first kappa shape index (κ1) is 18.8. The molecule has 1 aromatic rings. The number of carboxylic acids is 1. The summed E-state index contributed by atoms with van der Waals surface area (Å²) in [4.78, 5) is 25.9. The van der Waals surface area contributed by atoms with E-state index in [0.29, 0.717) is 25.4 Å². The van der Waals surface area contributed by atoms with Crippen molar-refractivity contribution >= 4 is 23.6 Å². The van der Waals surface area contributed by atoms with Crippen molar-refractivity contribution in [2.45, 2.75) is 43.6 Å². The van der Waals surface area contributed by atoms with Crippen molar-refractivity contribution in [2.75, 3.05) is 25.4 Å². The van der Waals surface area contributed by atoms with E-state index in [0.717, 1.165) is 4.90 Å². The third kappa shape index (κ3) is 5.53. The van der Waals surface area contributed by atoms with Crippen LogP contribution < -0.4 is 0 Å². The predicted octanol–water partition coefficient (Wildman–Crippen LogP) is 2.78. The Balaban J connectivity index is 1.85. The summed E-state index contributed by atoms with van der Waals surface area (Å²) < 4.78 is 5.40. The number of ether oxygens (including phenoxy) is 1. The number of rotatable bonds is 5. The molecule has 1 aromatic carbocycles. The van der Waals surface area contributed by atoms with Gasteiger partial charge in [0.1, 0.15) is 0 Å². The van der Waals surface area contributed by atoms with Crippen LogP contribution in [0.25, 0.3) is 0 Å². The number of hydrogen-bond donors (Lipinski definition) is 1. The molecular weight excluding hydrogens is 326 g/mol. The second-order valence-electron chi connectivity index (χ2n) is 6.99. The third-order valence-corrected chi connectivity index (χ3v) is 4.97. The fraction of sp³-hybridized carbons (Fsp3) is 0.556. The van der Waals surface area contributed by atoms with Gasteiger partial charge in [-0.1, -0.05) is 32.9 Å². The maximum Gasteiger partial charge on any atom is 0.306 e. The summed E-state index contributed by atoms with van der Waals surface area (Å²) >= 11 is 1.51. The van der Waals surface area contributed by atoms with Gasteiger partial charge >= 0.3 is 5.97 Å². The summed E-state index contributed by atoms with van der Waals surface area (Å²) in [5.41, 5.74) is 1.38. The average Bonchev–Trinajstić information content (AvgIpc) is 2.52. The molecule has 1 atom stereocenters. The van der Waals surface area contributed by atoms with E-state index >= 15 is 0 Å². The van der Waals surface area contributed by atoms with Crippen molar-refractivity contribution in [1.29, 1.82) is 0 Å². The van der Waals surface area contributed by atoms with Crippen LogP contribution >= 0.6 is 11.8 Å². The molecule has 0 radical (unpaired) electrons. The predicted molar refractivity (Wildman–Crippen MR) is 94.4 cm³/mol. The zero-order valence-corrected chi connectivity index (χ0v) is 15.3. The third-order valence-electron chi connectivity index (χ3n) is 3.98. The van der Waals surface area contributed by atoms with E-state index in [2.05, 4.69) is 32.9 Å². The first-order chi connectivity index (χ1) is 11.3. The number of carbonyl (C=O) groups is 2. The number of hydrogen-bond acceptors (Lipinski definition) is 4. The number of carboxylic acid groups (broad SMARTS) is 1. The number of benzene rings is 1. The quantitative estimate of drug-likeness (QED) is 0.826. The molecule has 5 nitrogen and oxygen atoms in total. The van der Waals surface area contributed by atoms with E-state index in [9.17, 15) is 9.59 Å². The van der Waals surface area contributed by atoms with Crippen LogP contribution in [-0.4, -0.2) is 53.4 Å². The standard InChI is InChI=1S/C18H25NO4S/c1-18(2,3)13-4-6-15(7-5-13)24-12-16(20)19-8-9-23-14(11-19)10-17(21)22/h4-7,14H,8-12H2,1-3H3,(H,21,22). The number of morpholine rings is 1. The number of carbonyl (C=O) groups excluding carboxylic acids is 1. The van der Waals surface area contributed by atoms with E-state index in [1.54, 1.807) is 4.90 Å². The molecule has 0 saturated carbocycles. The lowest BCUT2D eigenvalue weighted by Crippen LogP contribution is -2.46. The molecular formula is C18H25NO4S. The molecule has 1 aliphatic heterocycles. The minimum atomic E-state index is -0.900. The van der Waals surface area contributed by atoms with Crippen LogP contribution in [0.1, 0.15) is 32.8 Å². The minimum Gasteiger partial charge on any atom is -0.481 e. The maximum atomic E-state index is 12.3. The van der Waals surface area contributed by atoms with Gasteiger partial charge in [-0.3, -0.25) is 9.59 Å². The summed E-state index contributed by atoms with van der Waals surface area (Å²) in [6, 6.07) is 8.30. The first-order valence-electron chi connectivity index (χ1n) is 8.10. The lowest BCUT2D eigenvalue weighted by Gasteiger charge is -2.32. The zero-order chi connectivity index (χ0) is 17.7. The summed E-state index contributed by atoms with van der Waals surface area (Å²) in [6.07, 6.45) is -0.471. The Kier molecular flexibility index (Phi) is 6.29. The Bertz CT molecular complexity index is 580. The fourth-order valence-electron chi connectivity index (χ4n) is 2.55. The minimum absolute atomic E-state index is 0.0265. The highest BCUT2D eigenvalue weighted by Gasteiger charge is 2.25. The van der Waals surface area contributed by atoms with Crippen LogP contribution in [-0.2, 0) is 19.7 Å². The largest absolute Gasteiger partial charge is 0.481 e. The molecule has 6 heteroatoms. The van der Waals surface area contributed by atoms with Crippen molar-refractivity contribution in [2.24, 2.45) is 0 Å². The van der Waals surface area contributed by atoms with Crippen LogP contribution in [0.2, 0.25) is 0 Å². The Morgan fingerprint density at radius 2 is 1.96 bits per heavy atom. The van der Waals surface area contributed by atoms with Gasteiger partial charge in [0, 0.05) is 18.0 Å². The normalized spacial score (nSPS) is 18.5. The molecule has 1 fully saturated rings. The molecule has 24 heavy (non-hydrogen) atoms. The molecule has 1 heterocycles. The van der Waals surface area contributed by atoms with Crippen molar-refractivity contribution in [1.82, 2.24) is 4.90 Å². The smallest absolute Gasteiger partial charge is 0.306 e.